The van der Waals surface area contributed by atoms with Crippen molar-refractivity contribution < 1.29 is 4.79 Å². The lowest BCUT2D eigenvalue weighted by molar-refractivity contribution is 0.0746. The number of rotatable bonds is 7. The number of benzene rings is 1. The summed E-state index contributed by atoms with van der Waals surface area (Å²) in [6.45, 7) is 3.71. The summed E-state index contributed by atoms with van der Waals surface area (Å²) in [5, 5.41) is 2.94. The SMILES string of the molecule is Cc1nc(-c2cccs2)sc1C(=O)N(CCCN)Cc1ccccc1. The molecule has 0 aliphatic carbocycles. The Balaban J connectivity index is 1.84. The van der Waals surface area contributed by atoms with Gasteiger partial charge in [-0.05, 0) is 36.9 Å². The van der Waals surface area contributed by atoms with Gasteiger partial charge in [-0.25, -0.2) is 4.98 Å². The number of thiazole rings is 1. The Kier molecular flexibility index (Phi) is 5.96. The Morgan fingerprint density at radius 1 is 1.20 bits per heavy atom. The topological polar surface area (TPSA) is 59.2 Å². The Labute approximate surface area is 155 Å². The Hall–Kier alpha value is -2.02. The maximum absolute atomic E-state index is 13.1. The molecule has 25 heavy (non-hydrogen) atoms. The number of amides is 1. The van der Waals surface area contributed by atoms with E-state index in [-0.39, 0.29) is 5.91 Å². The Morgan fingerprint density at radius 2 is 2.00 bits per heavy atom. The molecule has 0 unspecified atom stereocenters. The van der Waals surface area contributed by atoms with Crippen LogP contribution in [-0.4, -0.2) is 28.9 Å². The van der Waals surface area contributed by atoms with Crippen LogP contribution in [0.2, 0.25) is 0 Å². The van der Waals surface area contributed by atoms with Crippen LogP contribution in [-0.2, 0) is 6.54 Å². The van der Waals surface area contributed by atoms with Gasteiger partial charge in [-0.2, -0.15) is 0 Å². The van der Waals surface area contributed by atoms with Gasteiger partial charge < -0.3 is 10.6 Å². The number of aromatic nitrogens is 1. The van der Waals surface area contributed by atoms with Crippen LogP contribution in [0, 0.1) is 6.92 Å². The third-order valence-corrected chi connectivity index (χ3v) is 6.04. The molecule has 2 heterocycles. The van der Waals surface area contributed by atoms with E-state index in [0.717, 1.165) is 32.4 Å². The van der Waals surface area contributed by atoms with E-state index < -0.39 is 0 Å². The fourth-order valence-electron chi connectivity index (χ4n) is 2.58. The van der Waals surface area contributed by atoms with Gasteiger partial charge in [0.1, 0.15) is 9.88 Å². The van der Waals surface area contributed by atoms with Crippen molar-refractivity contribution in [2.75, 3.05) is 13.1 Å². The quantitative estimate of drug-likeness (QED) is 0.678. The molecule has 4 nitrogen and oxygen atoms in total. The van der Waals surface area contributed by atoms with E-state index in [1.165, 1.54) is 11.3 Å². The summed E-state index contributed by atoms with van der Waals surface area (Å²) in [7, 11) is 0. The molecule has 0 bridgehead atoms. The lowest BCUT2D eigenvalue weighted by Gasteiger charge is -2.22. The number of thiophene rings is 1. The van der Waals surface area contributed by atoms with Gasteiger partial charge in [0.25, 0.3) is 5.91 Å². The number of nitrogens with two attached hydrogens (primary N) is 1. The molecule has 1 amide bonds. The molecule has 0 radical (unpaired) electrons. The van der Waals surface area contributed by atoms with Gasteiger partial charge in [0.15, 0.2) is 0 Å². The van der Waals surface area contributed by atoms with Crippen molar-refractivity contribution in [3.05, 3.63) is 64.0 Å². The van der Waals surface area contributed by atoms with Crippen LogP contribution in [0.5, 0.6) is 0 Å². The van der Waals surface area contributed by atoms with Gasteiger partial charge in [0, 0.05) is 13.1 Å². The standard InChI is InChI=1S/C19H21N3OS2/c1-14-17(25-18(21-14)16-9-5-12-24-16)19(23)22(11-6-10-20)13-15-7-3-2-4-8-15/h2-5,7-9,12H,6,10-11,13,20H2,1H3. The first-order valence-corrected chi connectivity index (χ1v) is 9.93. The fourth-order valence-corrected chi connectivity index (χ4v) is 4.41. The first-order valence-electron chi connectivity index (χ1n) is 8.23. The minimum atomic E-state index is 0.0371. The molecule has 0 aliphatic rings. The van der Waals surface area contributed by atoms with Gasteiger partial charge in [-0.3, -0.25) is 4.79 Å². The van der Waals surface area contributed by atoms with E-state index in [2.05, 4.69) is 4.98 Å². The number of hydrogen-bond donors (Lipinski definition) is 1. The van der Waals surface area contributed by atoms with E-state index in [1.54, 1.807) is 11.3 Å². The van der Waals surface area contributed by atoms with E-state index in [0.29, 0.717) is 19.6 Å². The predicted octanol–water partition coefficient (Wildman–Crippen LogP) is 4.17. The second-order valence-corrected chi connectivity index (χ2v) is 7.71. The highest BCUT2D eigenvalue weighted by Crippen LogP contribution is 2.32. The summed E-state index contributed by atoms with van der Waals surface area (Å²) in [4.78, 5) is 21.4. The highest BCUT2D eigenvalue weighted by Gasteiger charge is 2.22. The molecule has 3 rings (SSSR count). The molecule has 0 fully saturated rings. The van der Waals surface area contributed by atoms with Gasteiger partial charge in [0.2, 0.25) is 0 Å². The number of carbonyl (C=O) groups excluding carboxylic acids is 1. The molecular weight excluding hydrogens is 350 g/mol. The highest BCUT2D eigenvalue weighted by atomic mass is 32.1. The van der Waals surface area contributed by atoms with Crippen LogP contribution < -0.4 is 5.73 Å². The van der Waals surface area contributed by atoms with E-state index in [4.69, 9.17) is 5.73 Å². The van der Waals surface area contributed by atoms with Gasteiger partial charge in [0.05, 0.1) is 10.6 Å². The van der Waals surface area contributed by atoms with Gasteiger partial charge >= 0.3 is 0 Å². The molecule has 0 saturated carbocycles. The molecule has 1 aromatic carbocycles. The van der Waals surface area contributed by atoms with Crippen molar-refractivity contribution in [2.45, 2.75) is 19.9 Å². The average Bonchev–Trinajstić information content (AvgIpc) is 3.28. The zero-order valence-corrected chi connectivity index (χ0v) is 15.8. The lowest BCUT2D eigenvalue weighted by Crippen LogP contribution is -2.32. The Bertz CT molecular complexity index is 813. The van der Waals surface area contributed by atoms with Crippen molar-refractivity contribution in [3.63, 3.8) is 0 Å². The first-order chi connectivity index (χ1) is 12.2. The van der Waals surface area contributed by atoms with E-state index in [9.17, 15) is 4.79 Å². The minimum Gasteiger partial charge on any atom is -0.334 e. The van der Waals surface area contributed by atoms with Crippen molar-refractivity contribution in [2.24, 2.45) is 5.73 Å². The lowest BCUT2D eigenvalue weighted by atomic mass is 10.2. The fraction of sp³-hybridized carbons (Fsp3) is 0.263. The maximum Gasteiger partial charge on any atom is 0.266 e. The summed E-state index contributed by atoms with van der Waals surface area (Å²) in [5.74, 6) is 0.0371. The molecule has 2 N–H and O–H groups in total. The number of nitrogens with zero attached hydrogens (tertiary/aromatic N) is 2. The molecule has 0 spiro atoms. The third-order valence-electron chi connectivity index (χ3n) is 3.86. The van der Waals surface area contributed by atoms with Crippen LogP contribution in [0.3, 0.4) is 0 Å². The van der Waals surface area contributed by atoms with Crippen molar-refractivity contribution in [1.29, 1.82) is 0 Å². The van der Waals surface area contributed by atoms with Crippen LogP contribution in [0.15, 0.2) is 47.8 Å². The number of carbonyl (C=O) groups is 1. The second-order valence-electron chi connectivity index (χ2n) is 5.77. The summed E-state index contributed by atoms with van der Waals surface area (Å²) in [5.41, 5.74) is 7.58. The molecule has 6 heteroatoms. The summed E-state index contributed by atoms with van der Waals surface area (Å²) in [6, 6.07) is 14.1. The summed E-state index contributed by atoms with van der Waals surface area (Å²) < 4.78 is 0. The predicted molar refractivity (Wildman–Crippen MR) is 105 cm³/mol. The smallest absolute Gasteiger partial charge is 0.266 e. The summed E-state index contributed by atoms with van der Waals surface area (Å²) >= 11 is 3.12. The zero-order valence-electron chi connectivity index (χ0n) is 14.1. The van der Waals surface area contributed by atoms with E-state index in [1.807, 2.05) is 59.7 Å². The van der Waals surface area contributed by atoms with Gasteiger partial charge in [-0.15, -0.1) is 22.7 Å². The Morgan fingerprint density at radius 3 is 2.68 bits per heavy atom. The monoisotopic (exact) mass is 371 g/mol. The van der Waals surface area contributed by atoms with Crippen LogP contribution in [0.4, 0.5) is 0 Å². The van der Waals surface area contributed by atoms with Crippen LogP contribution >= 0.6 is 22.7 Å². The first kappa shape index (κ1) is 17.8. The normalized spacial score (nSPS) is 10.8. The third kappa shape index (κ3) is 4.34. The largest absolute Gasteiger partial charge is 0.334 e. The second kappa shape index (κ2) is 8.38. The van der Waals surface area contributed by atoms with Crippen LogP contribution in [0.25, 0.3) is 9.88 Å². The minimum absolute atomic E-state index is 0.0371. The number of aryl methyl sites for hydroxylation is 1. The molecule has 3 aromatic rings. The van der Waals surface area contributed by atoms with Crippen LogP contribution in [0.1, 0.15) is 27.3 Å². The number of hydrogen-bond acceptors (Lipinski definition) is 5. The molecule has 2 aromatic heterocycles. The van der Waals surface area contributed by atoms with Crippen molar-refractivity contribution in [3.8, 4) is 9.88 Å². The average molecular weight is 372 g/mol. The highest BCUT2D eigenvalue weighted by molar-refractivity contribution is 7.22. The zero-order chi connectivity index (χ0) is 17.6. The molecule has 0 aliphatic heterocycles. The maximum atomic E-state index is 13.1. The molecule has 0 saturated heterocycles. The molecule has 130 valence electrons. The van der Waals surface area contributed by atoms with E-state index >= 15 is 0 Å². The van der Waals surface area contributed by atoms with Crippen molar-refractivity contribution >= 4 is 28.6 Å². The molecule has 0 atom stereocenters. The van der Waals surface area contributed by atoms with Gasteiger partial charge in [-0.1, -0.05) is 36.4 Å². The van der Waals surface area contributed by atoms with Crippen molar-refractivity contribution in [1.82, 2.24) is 9.88 Å². The molecular formula is C19H21N3OS2. The summed E-state index contributed by atoms with van der Waals surface area (Å²) in [6.07, 6.45) is 0.786.